The topological polar surface area (TPSA) is 131 Å². The van der Waals surface area contributed by atoms with E-state index in [1.165, 1.54) is 12.1 Å². The molecule has 9 nitrogen and oxygen atoms in total. The predicted octanol–water partition coefficient (Wildman–Crippen LogP) is 3.80. The van der Waals surface area contributed by atoms with Crippen LogP contribution in [0.3, 0.4) is 0 Å². The molecule has 0 aliphatic heterocycles. The lowest BCUT2D eigenvalue weighted by atomic mass is 10.1. The van der Waals surface area contributed by atoms with E-state index in [1.807, 2.05) is 13.0 Å². The molecule has 5 N–H and O–H groups in total. The number of rotatable bonds is 7. The van der Waals surface area contributed by atoms with E-state index in [1.54, 1.807) is 36.5 Å². The Labute approximate surface area is 182 Å². The molecular formula is C22H20FN7O2. The van der Waals surface area contributed by atoms with Crippen molar-refractivity contribution in [2.24, 2.45) is 0 Å². The second-order valence-corrected chi connectivity index (χ2v) is 6.96. The third kappa shape index (κ3) is 5.17. The fraction of sp³-hybridized carbons (Fsp3) is 0.0909. The first-order valence-corrected chi connectivity index (χ1v) is 9.66. The number of amides is 1. The van der Waals surface area contributed by atoms with Crippen LogP contribution < -0.4 is 21.1 Å². The summed E-state index contributed by atoms with van der Waals surface area (Å²) < 4.78 is 18.8. The third-order valence-electron chi connectivity index (χ3n) is 4.44. The number of aromatic nitrogens is 4. The lowest BCUT2D eigenvalue weighted by molar-refractivity contribution is 0.102. The van der Waals surface area contributed by atoms with Crippen LogP contribution in [0, 0.1) is 12.7 Å². The normalized spacial score (nSPS) is 10.6. The summed E-state index contributed by atoms with van der Waals surface area (Å²) in [5.41, 5.74) is 8.41. The van der Waals surface area contributed by atoms with Crippen LogP contribution in [-0.4, -0.2) is 26.1 Å². The van der Waals surface area contributed by atoms with E-state index in [2.05, 4.69) is 30.8 Å². The minimum absolute atomic E-state index is 0.155. The van der Waals surface area contributed by atoms with Gasteiger partial charge in [0.15, 0.2) is 5.82 Å². The zero-order valence-electron chi connectivity index (χ0n) is 17.1. The van der Waals surface area contributed by atoms with Crippen LogP contribution in [0.25, 0.3) is 0 Å². The van der Waals surface area contributed by atoms with Gasteiger partial charge in [-0.15, -0.1) is 0 Å². The standard InChI is InChI=1S/C22H20FN7O2/c1-13-10-20(30-29-13)27-19-8-9-25-22(28-19)32-12-14-2-4-15(5-3-14)21(31)26-18-7-6-16(23)11-17(18)24/h2-11H,12,24H2,1H3,(H,26,31)(H2,25,27,28,29,30). The monoisotopic (exact) mass is 433 g/mol. The van der Waals surface area contributed by atoms with Gasteiger partial charge in [0.25, 0.3) is 5.91 Å². The highest BCUT2D eigenvalue weighted by Crippen LogP contribution is 2.20. The van der Waals surface area contributed by atoms with Gasteiger partial charge < -0.3 is 21.1 Å². The number of nitrogens with zero attached hydrogens (tertiary/aromatic N) is 3. The molecule has 162 valence electrons. The molecule has 4 rings (SSSR count). The molecule has 0 saturated heterocycles. The number of benzene rings is 2. The molecule has 0 fully saturated rings. The van der Waals surface area contributed by atoms with Crippen molar-refractivity contribution in [2.45, 2.75) is 13.5 Å². The average molecular weight is 433 g/mol. The SMILES string of the molecule is Cc1cc(Nc2ccnc(OCc3ccc(C(=O)Nc4ccc(F)cc4N)cc3)n2)n[nH]1. The van der Waals surface area contributed by atoms with Gasteiger partial charge in [-0.25, -0.2) is 9.37 Å². The number of H-pyrrole nitrogens is 1. The van der Waals surface area contributed by atoms with Crippen LogP contribution >= 0.6 is 0 Å². The number of nitrogen functional groups attached to an aromatic ring is 1. The molecule has 0 radical (unpaired) electrons. The van der Waals surface area contributed by atoms with Crippen molar-refractivity contribution in [3.05, 3.63) is 83.4 Å². The van der Waals surface area contributed by atoms with Gasteiger partial charge in [-0.2, -0.15) is 10.1 Å². The molecule has 0 unspecified atom stereocenters. The largest absolute Gasteiger partial charge is 0.459 e. The number of carbonyl (C=O) groups excluding carboxylic acids is 1. The first-order valence-electron chi connectivity index (χ1n) is 9.66. The fourth-order valence-electron chi connectivity index (χ4n) is 2.84. The molecule has 2 aromatic carbocycles. The Morgan fingerprint density at radius 3 is 2.66 bits per heavy atom. The van der Waals surface area contributed by atoms with E-state index in [4.69, 9.17) is 10.5 Å². The summed E-state index contributed by atoms with van der Waals surface area (Å²) in [5, 5.41) is 12.7. The summed E-state index contributed by atoms with van der Waals surface area (Å²) in [5.74, 6) is 0.370. The van der Waals surface area contributed by atoms with Crippen molar-refractivity contribution in [2.75, 3.05) is 16.4 Å². The van der Waals surface area contributed by atoms with Crippen LogP contribution in [0.2, 0.25) is 0 Å². The van der Waals surface area contributed by atoms with E-state index in [-0.39, 0.29) is 24.2 Å². The number of halogens is 1. The van der Waals surface area contributed by atoms with Crippen LogP contribution in [0.1, 0.15) is 21.6 Å². The first-order chi connectivity index (χ1) is 15.5. The van der Waals surface area contributed by atoms with Crippen molar-refractivity contribution in [3.8, 4) is 6.01 Å². The number of hydrogen-bond donors (Lipinski definition) is 4. The van der Waals surface area contributed by atoms with Crippen molar-refractivity contribution in [1.29, 1.82) is 0 Å². The Bertz CT molecular complexity index is 1240. The Kier molecular flexibility index (Phi) is 5.93. The van der Waals surface area contributed by atoms with E-state index >= 15 is 0 Å². The van der Waals surface area contributed by atoms with Gasteiger partial charge in [-0.1, -0.05) is 12.1 Å². The lowest BCUT2D eigenvalue weighted by Crippen LogP contribution is -2.13. The summed E-state index contributed by atoms with van der Waals surface area (Å²) in [6.45, 7) is 2.12. The molecule has 4 aromatic rings. The summed E-state index contributed by atoms with van der Waals surface area (Å²) in [7, 11) is 0. The molecule has 0 spiro atoms. The highest BCUT2D eigenvalue weighted by atomic mass is 19.1. The number of aromatic amines is 1. The van der Waals surface area contributed by atoms with Crippen molar-refractivity contribution >= 4 is 28.9 Å². The highest BCUT2D eigenvalue weighted by molar-refractivity contribution is 6.05. The number of anilines is 4. The maximum absolute atomic E-state index is 13.1. The van der Waals surface area contributed by atoms with Gasteiger partial charge in [0.2, 0.25) is 0 Å². The van der Waals surface area contributed by atoms with Crippen molar-refractivity contribution in [3.63, 3.8) is 0 Å². The Balaban J connectivity index is 1.34. The fourth-order valence-corrected chi connectivity index (χ4v) is 2.84. The molecule has 2 aromatic heterocycles. The second-order valence-electron chi connectivity index (χ2n) is 6.96. The molecular weight excluding hydrogens is 413 g/mol. The van der Waals surface area contributed by atoms with E-state index in [0.29, 0.717) is 22.9 Å². The molecule has 32 heavy (non-hydrogen) atoms. The number of hydrogen-bond acceptors (Lipinski definition) is 7. The molecule has 0 aliphatic carbocycles. The summed E-state index contributed by atoms with van der Waals surface area (Å²) in [6, 6.07) is 14.4. The maximum atomic E-state index is 13.1. The van der Waals surface area contributed by atoms with E-state index in [0.717, 1.165) is 17.3 Å². The highest BCUT2D eigenvalue weighted by Gasteiger charge is 2.09. The minimum Gasteiger partial charge on any atom is -0.459 e. The number of aryl methyl sites for hydroxylation is 1. The number of nitrogens with one attached hydrogen (secondary N) is 3. The Morgan fingerprint density at radius 2 is 1.94 bits per heavy atom. The number of ether oxygens (including phenoxy) is 1. The zero-order valence-corrected chi connectivity index (χ0v) is 17.1. The van der Waals surface area contributed by atoms with Crippen LogP contribution in [0.4, 0.5) is 27.4 Å². The van der Waals surface area contributed by atoms with Gasteiger partial charge in [0.1, 0.15) is 18.2 Å². The zero-order chi connectivity index (χ0) is 22.5. The van der Waals surface area contributed by atoms with Crippen LogP contribution in [0.5, 0.6) is 6.01 Å². The Morgan fingerprint density at radius 1 is 1.12 bits per heavy atom. The molecule has 0 saturated carbocycles. The quantitative estimate of drug-likeness (QED) is 0.326. The van der Waals surface area contributed by atoms with Gasteiger partial charge in [-0.05, 0) is 48.9 Å². The predicted molar refractivity (Wildman–Crippen MR) is 118 cm³/mol. The third-order valence-corrected chi connectivity index (χ3v) is 4.44. The number of nitrogens with two attached hydrogens (primary N) is 1. The van der Waals surface area contributed by atoms with Crippen molar-refractivity contribution in [1.82, 2.24) is 20.2 Å². The smallest absolute Gasteiger partial charge is 0.318 e. The summed E-state index contributed by atoms with van der Waals surface area (Å²) >= 11 is 0. The van der Waals surface area contributed by atoms with Crippen molar-refractivity contribution < 1.29 is 13.9 Å². The summed E-state index contributed by atoms with van der Waals surface area (Å²) in [6.07, 6.45) is 1.58. The minimum atomic E-state index is -0.466. The molecule has 0 aliphatic rings. The molecule has 2 heterocycles. The van der Waals surface area contributed by atoms with Gasteiger partial charge in [-0.3, -0.25) is 9.89 Å². The van der Waals surface area contributed by atoms with Gasteiger partial charge >= 0.3 is 6.01 Å². The van der Waals surface area contributed by atoms with E-state index in [9.17, 15) is 9.18 Å². The molecule has 0 atom stereocenters. The van der Waals surface area contributed by atoms with Crippen LogP contribution in [-0.2, 0) is 6.61 Å². The maximum Gasteiger partial charge on any atom is 0.318 e. The molecule has 1 amide bonds. The lowest BCUT2D eigenvalue weighted by Gasteiger charge is -2.09. The molecule has 0 bridgehead atoms. The average Bonchev–Trinajstić information content (AvgIpc) is 3.19. The first kappa shape index (κ1) is 20.8. The van der Waals surface area contributed by atoms with E-state index < -0.39 is 5.82 Å². The second kappa shape index (κ2) is 9.13. The van der Waals surface area contributed by atoms with Gasteiger partial charge in [0.05, 0.1) is 11.4 Å². The summed E-state index contributed by atoms with van der Waals surface area (Å²) in [4.78, 5) is 20.8. The number of carbonyl (C=O) groups is 1. The van der Waals surface area contributed by atoms with Gasteiger partial charge in [0, 0.05) is 23.5 Å². The molecule has 10 heteroatoms. The van der Waals surface area contributed by atoms with Crippen LogP contribution in [0.15, 0.2) is 60.8 Å². The Hall–Kier alpha value is -4.47.